The van der Waals surface area contributed by atoms with Gasteiger partial charge in [-0.1, -0.05) is 6.92 Å². The van der Waals surface area contributed by atoms with Crippen LogP contribution in [0.4, 0.5) is 0 Å². The van der Waals surface area contributed by atoms with E-state index >= 15 is 0 Å². The first kappa shape index (κ1) is 15.5. The van der Waals surface area contributed by atoms with Crippen molar-refractivity contribution in [3.05, 3.63) is 29.8 Å². The van der Waals surface area contributed by atoms with Gasteiger partial charge in [0.25, 0.3) is 5.91 Å². The van der Waals surface area contributed by atoms with Crippen molar-refractivity contribution in [2.24, 2.45) is 0 Å². The van der Waals surface area contributed by atoms with E-state index in [0.717, 1.165) is 25.9 Å². The maximum absolute atomic E-state index is 12.3. The molecule has 4 nitrogen and oxygen atoms in total. The van der Waals surface area contributed by atoms with E-state index in [0.29, 0.717) is 17.7 Å². The van der Waals surface area contributed by atoms with Crippen LogP contribution in [-0.2, 0) is 4.79 Å². The van der Waals surface area contributed by atoms with Gasteiger partial charge in [0, 0.05) is 25.1 Å². The zero-order chi connectivity index (χ0) is 15.2. The Morgan fingerprint density at radius 1 is 1.14 bits per heavy atom. The molecular formula is C17H23NO3. The molecule has 1 fully saturated rings. The van der Waals surface area contributed by atoms with Gasteiger partial charge in [-0.05, 0) is 50.5 Å². The van der Waals surface area contributed by atoms with Crippen molar-refractivity contribution in [2.75, 3.05) is 13.1 Å². The molecule has 0 spiro atoms. The summed E-state index contributed by atoms with van der Waals surface area (Å²) in [5, 5.41) is 0. The molecule has 1 heterocycles. The van der Waals surface area contributed by atoms with Crippen molar-refractivity contribution in [3.63, 3.8) is 0 Å². The smallest absolute Gasteiger partial charge is 0.263 e. The van der Waals surface area contributed by atoms with E-state index in [-0.39, 0.29) is 11.7 Å². The molecule has 2 rings (SSSR count). The summed E-state index contributed by atoms with van der Waals surface area (Å²) in [7, 11) is 0. The number of rotatable bonds is 5. The van der Waals surface area contributed by atoms with Crippen molar-refractivity contribution in [1.82, 2.24) is 4.90 Å². The Balaban J connectivity index is 1.93. The van der Waals surface area contributed by atoms with Gasteiger partial charge in [0.1, 0.15) is 5.75 Å². The summed E-state index contributed by atoms with van der Waals surface area (Å²) in [5.41, 5.74) is 0.680. The fourth-order valence-corrected chi connectivity index (χ4v) is 2.55. The zero-order valence-electron chi connectivity index (χ0n) is 12.8. The Hall–Kier alpha value is -1.84. The van der Waals surface area contributed by atoms with Crippen LogP contribution in [-0.4, -0.2) is 35.8 Å². The first-order valence-electron chi connectivity index (χ1n) is 7.70. The molecule has 21 heavy (non-hydrogen) atoms. The van der Waals surface area contributed by atoms with Gasteiger partial charge in [0.15, 0.2) is 11.9 Å². The highest BCUT2D eigenvalue weighted by Crippen LogP contribution is 2.17. The highest BCUT2D eigenvalue weighted by atomic mass is 16.5. The molecule has 1 aliphatic heterocycles. The van der Waals surface area contributed by atoms with Gasteiger partial charge in [-0.3, -0.25) is 9.59 Å². The Morgan fingerprint density at radius 3 is 2.33 bits per heavy atom. The summed E-state index contributed by atoms with van der Waals surface area (Å²) in [4.78, 5) is 25.7. The molecule has 0 radical (unpaired) electrons. The number of ether oxygens (including phenoxy) is 1. The lowest BCUT2D eigenvalue weighted by Gasteiger charge is -2.29. The molecule has 114 valence electrons. The molecule has 4 heteroatoms. The molecule has 1 amide bonds. The number of carbonyl (C=O) groups is 2. The largest absolute Gasteiger partial charge is 0.481 e. The van der Waals surface area contributed by atoms with Crippen molar-refractivity contribution in [3.8, 4) is 5.75 Å². The van der Waals surface area contributed by atoms with E-state index in [4.69, 9.17) is 4.74 Å². The van der Waals surface area contributed by atoms with E-state index in [9.17, 15) is 9.59 Å². The van der Waals surface area contributed by atoms with Crippen molar-refractivity contribution >= 4 is 11.7 Å². The number of carbonyl (C=O) groups excluding carboxylic acids is 2. The fraction of sp³-hybridized carbons (Fsp3) is 0.529. The second-order valence-electron chi connectivity index (χ2n) is 5.45. The number of nitrogens with zero attached hydrogens (tertiary/aromatic N) is 1. The summed E-state index contributed by atoms with van der Waals surface area (Å²) in [5.74, 6) is 0.780. The Morgan fingerprint density at radius 2 is 1.76 bits per heavy atom. The second kappa shape index (κ2) is 7.25. The van der Waals surface area contributed by atoms with Gasteiger partial charge in [0.2, 0.25) is 0 Å². The quantitative estimate of drug-likeness (QED) is 0.783. The molecule has 1 atom stereocenters. The fourth-order valence-electron chi connectivity index (χ4n) is 2.55. The van der Waals surface area contributed by atoms with Crippen LogP contribution in [0.1, 0.15) is 49.9 Å². The first-order chi connectivity index (χ1) is 10.1. The Labute approximate surface area is 126 Å². The van der Waals surface area contributed by atoms with Gasteiger partial charge in [-0.15, -0.1) is 0 Å². The van der Waals surface area contributed by atoms with Crippen molar-refractivity contribution in [2.45, 2.75) is 45.6 Å². The van der Waals surface area contributed by atoms with Crippen LogP contribution < -0.4 is 4.74 Å². The minimum Gasteiger partial charge on any atom is -0.481 e. The molecule has 1 unspecified atom stereocenters. The topological polar surface area (TPSA) is 46.6 Å². The maximum atomic E-state index is 12.3. The molecule has 1 aromatic carbocycles. The van der Waals surface area contributed by atoms with E-state index in [2.05, 4.69) is 0 Å². The molecule has 0 aliphatic carbocycles. The minimum absolute atomic E-state index is 0.0448. The minimum atomic E-state index is -0.490. The molecule has 1 aliphatic rings. The van der Waals surface area contributed by atoms with Crippen LogP contribution in [0.5, 0.6) is 5.75 Å². The molecule has 0 saturated carbocycles. The number of piperidine rings is 1. The molecular weight excluding hydrogens is 266 g/mol. The standard InChI is InChI=1S/C17H23NO3/c1-3-16(19)14-7-9-15(10-8-14)21-13(2)17(20)18-11-5-4-6-12-18/h7-10,13H,3-6,11-12H2,1-2H3. The molecule has 0 bridgehead atoms. The van der Waals surface area contributed by atoms with Crippen LogP contribution in [0.15, 0.2) is 24.3 Å². The molecule has 1 saturated heterocycles. The van der Waals surface area contributed by atoms with E-state index in [1.807, 2.05) is 11.8 Å². The normalized spacial score (nSPS) is 16.4. The van der Waals surface area contributed by atoms with Gasteiger partial charge in [-0.2, -0.15) is 0 Å². The van der Waals surface area contributed by atoms with Crippen LogP contribution in [0.2, 0.25) is 0 Å². The SMILES string of the molecule is CCC(=O)c1ccc(OC(C)C(=O)N2CCCCC2)cc1. The summed E-state index contributed by atoms with van der Waals surface area (Å²) >= 11 is 0. The average molecular weight is 289 g/mol. The number of hydrogen-bond acceptors (Lipinski definition) is 3. The lowest BCUT2D eigenvalue weighted by atomic mass is 10.1. The first-order valence-corrected chi connectivity index (χ1v) is 7.70. The lowest BCUT2D eigenvalue weighted by Crippen LogP contribution is -2.43. The third-order valence-electron chi connectivity index (χ3n) is 3.83. The molecule has 0 N–H and O–H groups in total. The summed E-state index contributed by atoms with van der Waals surface area (Å²) in [6, 6.07) is 7.00. The number of amides is 1. The van der Waals surface area contributed by atoms with Crippen LogP contribution in [0.3, 0.4) is 0 Å². The second-order valence-corrected chi connectivity index (χ2v) is 5.45. The number of ketones is 1. The summed E-state index contributed by atoms with van der Waals surface area (Å²) in [6.07, 6.45) is 3.35. The van der Waals surface area contributed by atoms with Gasteiger partial charge in [-0.25, -0.2) is 0 Å². The van der Waals surface area contributed by atoms with Crippen molar-refractivity contribution < 1.29 is 14.3 Å². The third kappa shape index (κ3) is 4.06. The lowest BCUT2D eigenvalue weighted by molar-refractivity contribution is -0.138. The zero-order valence-corrected chi connectivity index (χ0v) is 12.8. The monoisotopic (exact) mass is 289 g/mol. The predicted molar refractivity (Wildman–Crippen MR) is 81.6 cm³/mol. The van der Waals surface area contributed by atoms with Crippen LogP contribution >= 0.6 is 0 Å². The molecule has 0 aromatic heterocycles. The third-order valence-corrected chi connectivity index (χ3v) is 3.83. The number of benzene rings is 1. The van der Waals surface area contributed by atoms with Crippen molar-refractivity contribution in [1.29, 1.82) is 0 Å². The number of likely N-dealkylation sites (tertiary alicyclic amines) is 1. The highest BCUT2D eigenvalue weighted by Gasteiger charge is 2.23. The highest BCUT2D eigenvalue weighted by molar-refractivity contribution is 5.95. The number of Topliss-reactive ketones (excluding diaryl/α,β-unsaturated/α-hetero) is 1. The number of hydrogen-bond donors (Lipinski definition) is 0. The summed E-state index contributed by atoms with van der Waals surface area (Å²) in [6.45, 7) is 5.28. The average Bonchev–Trinajstić information content (AvgIpc) is 2.55. The van der Waals surface area contributed by atoms with Crippen LogP contribution in [0, 0.1) is 0 Å². The Kier molecular flexibility index (Phi) is 5.37. The van der Waals surface area contributed by atoms with E-state index in [1.165, 1.54) is 6.42 Å². The maximum Gasteiger partial charge on any atom is 0.263 e. The summed E-state index contributed by atoms with van der Waals surface area (Å²) < 4.78 is 5.70. The van der Waals surface area contributed by atoms with Gasteiger partial charge >= 0.3 is 0 Å². The predicted octanol–water partition coefficient (Wildman–Crippen LogP) is 3.06. The van der Waals surface area contributed by atoms with Gasteiger partial charge in [0.05, 0.1) is 0 Å². The van der Waals surface area contributed by atoms with E-state index < -0.39 is 6.10 Å². The molecule has 1 aromatic rings. The Bertz CT molecular complexity index is 489. The van der Waals surface area contributed by atoms with E-state index in [1.54, 1.807) is 31.2 Å². The van der Waals surface area contributed by atoms with Gasteiger partial charge < -0.3 is 9.64 Å². The van der Waals surface area contributed by atoms with Crippen LogP contribution in [0.25, 0.3) is 0 Å².